The van der Waals surface area contributed by atoms with Gasteiger partial charge in [-0.25, -0.2) is 4.79 Å². The molecule has 7 nitrogen and oxygen atoms in total. The fourth-order valence-electron chi connectivity index (χ4n) is 3.94. The van der Waals surface area contributed by atoms with E-state index in [4.69, 9.17) is 34.0 Å². The smallest absolute Gasteiger partial charge is 0.341 e. The van der Waals surface area contributed by atoms with Crippen molar-refractivity contribution in [2.45, 2.75) is 44.4 Å². The van der Waals surface area contributed by atoms with E-state index in [9.17, 15) is 19.8 Å². The van der Waals surface area contributed by atoms with E-state index in [1.54, 1.807) is 30.3 Å². The van der Waals surface area contributed by atoms with E-state index in [0.717, 1.165) is 24.0 Å². The highest BCUT2D eigenvalue weighted by Crippen LogP contribution is 2.38. The molecule has 2 aromatic carbocycles. The Labute approximate surface area is 189 Å². The lowest BCUT2D eigenvalue weighted by molar-refractivity contribution is -0.139. The number of amides is 1. The molecule has 9 heteroatoms. The number of carbonyl (C=O) groups is 2. The molecular formula is C22H24Cl2N2O5. The number of aliphatic carboxylic acids is 1. The number of hydrogen-bond donors (Lipinski definition) is 5. The molecule has 0 saturated heterocycles. The average Bonchev–Trinajstić information content (AvgIpc) is 2.71. The lowest BCUT2D eigenvalue weighted by atomic mass is 9.80. The molecule has 1 aliphatic carbocycles. The molecule has 0 heterocycles. The topological polar surface area (TPSA) is 133 Å². The van der Waals surface area contributed by atoms with Gasteiger partial charge in [0.25, 0.3) is 5.91 Å². The third kappa shape index (κ3) is 5.49. The van der Waals surface area contributed by atoms with Crippen LogP contribution in [0.4, 0.5) is 0 Å². The summed E-state index contributed by atoms with van der Waals surface area (Å²) in [5.74, 6) is -1.67. The maximum absolute atomic E-state index is 12.4. The molecule has 166 valence electrons. The number of carbonyl (C=O) groups excluding carboxylic acids is 1. The van der Waals surface area contributed by atoms with Crippen LogP contribution in [0.5, 0.6) is 5.75 Å². The molecule has 0 bridgehead atoms. The molecule has 0 aliphatic heterocycles. The summed E-state index contributed by atoms with van der Waals surface area (Å²) in [6.45, 7) is 0. The summed E-state index contributed by atoms with van der Waals surface area (Å²) >= 11 is 12.8. The standard InChI is InChI=1S/C22H24Cl2N2O5/c23-16-10-13-8-11(5-7-17(28)12-2-1-3-14(27)9-12)4-6-15(13)19(24)18(16)21(29)26-20(25)22(30)31/h1-3,9-11,17,20,27-28H,4-8,25H2,(H,26,29)(H,30,31)/t11?,17?,20-/m1/s1. The van der Waals surface area contributed by atoms with Crippen LogP contribution < -0.4 is 11.1 Å². The molecule has 0 radical (unpaired) electrons. The van der Waals surface area contributed by atoms with Gasteiger partial charge < -0.3 is 26.4 Å². The van der Waals surface area contributed by atoms with E-state index in [2.05, 4.69) is 5.32 Å². The van der Waals surface area contributed by atoms with Crippen molar-refractivity contribution in [2.24, 2.45) is 11.7 Å². The van der Waals surface area contributed by atoms with E-state index in [1.165, 1.54) is 0 Å². The summed E-state index contributed by atoms with van der Waals surface area (Å²) in [4.78, 5) is 23.3. The van der Waals surface area contributed by atoms with Crippen molar-refractivity contribution < 1.29 is 24.9 Å². The number of carboxylic acids is 1. The Morgan fingerprint density at radius 1 is 1.26 bits per heavy atom. The minimum Gasteiger partial charge on any atom is -0.508 e. The fraction of sp³-hybridized carbons (Fsp3) is 0.364. The van der Waals surface area contributed by atoms with Gasteiger partial charge in [-0.05, 0) is 72.9 Å². The van der Waals surface area contributed by atoms with Gasteiger partial charge in [0.2, 0.25) is 0 Å². The molecule has 2 unspecified atom stereocenters. The van der Waals surface area contributed by atoms with Crippen LogP contribution in [0.2, 0.25) is 10.0 Å². The molecule has 3 rings (SSSR count). The Morgan fingerprint density at radius 2 is 2.00 bits per heavy atom. The van der Waals surface area contributed by atoms with Gasteiger partial charge in [0.15, 0.2) is 6.17 Å². The lowest BCUT2D eigenvalue weighted by Crippen LogP contribution is -2.47. The van der Waals surface area contributed by atoms with Crippen LogP contribution in [-0.2, 0) is 17.6 Å². The van der Waals surface area contributed by atoms with E-state index in [-0.39, 0.29) is 21.4 Å². The van der Waals surface area contributed by atoms with Gasteiger partial charge >= 0.3 is 5.97 Å². The van der Waals surface area contributed by atoms with Gasteiger partial charge in [-0.15, -0.1) is 0 Å². The summed E-state index contributed by atoms with van der Waals surface area (Å²) in [6.07, 6.45) is 1.29. The number of phenolic OH excluding ortho intramolecular Hbond substituents is 1. The number of rotatable bonds is 7. The molecule has 1 aliphatic rings. The van der Waals surface area contributed by atoms with Crippen molar-refractivity contribution in [2.75, 3.05) is 0 Å². The highest BCUT2D eigenvalue weighted by atomic mass is 35.5. The fourth-order valence-corrected chi connectivity index (χ4v) is 4.71. The van der Waals surface area contributed by atoms with E-state index in [1.807, 2.05) is 0 Å². The summed E-state index contributed by atoms with van der Waals surface area (Å²) in [6, 6.07) is 8.30. The number of aromatic hydroxyl groups is 1. The normalized spacial score (nSPS) is 17.5. The van der Waals surface area contributed by atoms with Gasteiger partial charge in [-0.3, -0.25) is 4.79 Å². The molecular weight excluding hydrogens is 443 g/mol. The Balaban J connectivity index is 1.69. The van der Waals surface area contributed by atoms with Crippen molar-refractivity contribution in [1.82, 2.24) is 5.32 Å². The van der Waals surface area contributed by atoms with Gasteiger partial charge in [0, 0.05) is 0 Å². The highest BCUT2D eigenvalue weighted by molar-refractivity contribution is 6.40. The zero-order valence-electron chi connectivity index (χ0n) is 16.6. The Morgan fingerprint density at radius 3 is 2.68 bits per heavy atom. The molecule has 1 amide bonds. The quantitative estimate of drug-likeness (QED) is 0.397. The molecule has 31 heavy (non-hydrogen) atoms. The van der Waals surface area contributed by atoms with Gasteiger partial charge in [0.05, 0.1) is 21.7 Å². The number of hydrogen-bond acceptors (Lipinski definition) is 5. The van der Waals surface area contributed by atoms with Crippen LogP contribution in [-0.4, -0.2) is 33.4 Å². The van der Waals surface area contributed by atoms with Crippen LogP contribution in [0.1, 0.15) is 52.4 Å². The summed E-state index contributed by atoms with van der Waals surface area (Å²) in [5, 5.41) is 31.4. The number of halogens is 2. The number of aliphatic hydroxyl groups is 1. The molecule has 3 atom stereocenters. The van der Waals surface area contributed by atoms with Gasteiger partial charge in [-0.1, -0.05) is 35.3 Å². The summed E-state index contributed by atoms with van der Waals surface area (Å²) < 4.78 is 0. The van der Waals surface area contributed by atoms with Crippen LogP contribution >= 0.6 is 23.2 Å². The van der Waals surface area contributed by atoms with Crippen LogP contribution in [0.3, 0.4) is 0 Å². The van der Waals surface area contributed by atoms with Crippen molar-refractivity contribution in [3.05, 3.63) is 62.6 Å². The zero-order chi connectivity index (χ0) is 22.7. The van der Waals surface area contributed by atoms with Crippen LogP contribution in [0.25, 0.3) is 0 Å². The number of carboxylic acid groups (broad SMARTS) is 1. The Bertz CT molecular complexity index is 998. The largest absolute Gasteiger partial charge is 0.508 e. The number of fused-ring (bicyclic) bond motifs is 1. The van der Waals surface area contributed by atoms with E-state index in [0.29, 0.717) is 30.7 Å². The third-order valence-corrected chi connectivity index (χ3v) is 6.32. The second kappa shape index (κ2) is 9.87. The summed E-state index contributed by atoms with van der Waals surface area (Å²) in [5.41, 5.74) is 7.84. The third-order valence-electron chi connectivity index (χ3n) is 5.61. The molecule has 0 spiro atoms. The van der Waals surface area contributed by atoms with Crippen molar-refractivity contribution in [1.29, 1.82) is 0 Å². The number of nitrogens with two attached hydrogens (primary N) is 1. The SMILES string of the molecule is N[C@H](NC(=O)c1c(Cl)cc2c(c1Cl)CCC(CCC(O)c1cccc(O)c1)C2)C(=O)O. The Kier molecular flexibility index (Phi) is 7.43. The molecule has 6 N–H and O–H groups in total. The first-order valence-electron chi connectivity index (χ1n) is 9.93. The first-order valence-corrected chi connectivity index (χ1v) is 10.7. The predicted molar refractivity (Wildman–Crippen MR) is 117 cm³/mol. The zero-order valence-corrected chi connectivity index (χ0v) is 18.2. The Hall–Kier alpha value is -2.32. The number of aliphatic hydroxyl groups excluding tert-OH is 1. The van der Waals surface area contributed by atoms with Crippen molar-refractivity contribution in [3.63, 3.8) is 0 Å². The molecule has 0 aromatic heterocycles. The van der Waals surface area contributed by atoms with E-state index < -0.39 is 24.1 Å². The minimum absolute atomic E-state index is 0.0246. The minimum atomic E-state index is -1.56. The van der Waals surface area contributed by atoms with Crippen LogP contribution in [0, 0.1) is 5.92 Å². The second-order valence-electron chi connectivity index (χ2n) is 7.77. The number of phenols is 1. The second-order valence-corrected chi connectivity index (χ2v) is 8.56. The first-order chi connectivity index (χ1) is 14.7. The number of benzene rings is 2. The number of nitrogens with one attached hydrogen (secondary N) is 1. The van der Waals surface area contributed by atoms with Crippen LogP contribution in [0.15, 0.2) is 30.3 Å². The predicted octanol–water partition coefficient (Wildman–Crippen LogP) is 3.42. The molecule has 0 fully saturated rings. The molecule has 0 saturated carbocycles. The first kappa shape index (κ1) is 23.3. The highest BCUT2D eigenvalue weighted by Gasteiger charge is 2.28. The van der Waals surface area contributed by atoms with E-state index >= 15 is 0 Å². The average molecular weight is 467 g/mol. The van der Waals surface area contributed by atoms with Gasteiger partial charge in [0.1, 0.15) is 5.75 Å². The maximum Gasteiger partial charge on any atom is 0.341 e. The summed E-state index contributed by atoms with van der Waals surface area (Å²) in [7, 11) is 0. The van der Waals surface area contributed by atoms with Crippen molar-refractivity contribution >= 4 is 35.1 Å². The lowest BCUT2D eigenvalue weighted by Gasteiger charge is -2.27. The maximum atomic E-state index is 12.4. The monoisotopic (exact) mass is 466 g/mol. The molecule has 2 aromatic rings. The van der Waals surface area contributed by atoms with Gasteiger partial charge in [-0.2, -0.15) is 0 Å². The van der Waals surface area contributed by atoms with Crippen molar-refractivity contribution in [3.8, 4) is 5.75 Å².